The van der Waals surface area contributed by atoms with E-state index in [0.29, 0.717) is 42.2 Å². The molecule has 0 aromatic heterocycles. The number of sulfone groups is 1. The second-order valence-corrected chi connectivity index (χ2v) is 12.1. The summed E-state index contributed by atoms with van der Waals surface area (Å²) < 4.78 is 48.8. The molecule has 202 valence electrons. The molecule has 3 aromatic rings. The van der Waals surface area contributed by atoms with Crippen LogP contribution in [0.1, 0.15) is 41.0 Å². The summed E-state index contributed by atoms with van der Waals surface area (Å²) in [6.07, 6.45) is 1.50. The maximum absolute atomic E-state index is 14.8. The fourth-order valence-electron chi connectivity index (χ4n) is 4.87. The molecule has 0 amide bonds. The number of anilines is 1. The number of fused-ring (bicyclic) bond motifs is 1. The summed E-state index contributed by atoms with van der Waals surface area (Å²) >= 11 is 0. The van der Waals surface area contributed by atoms with Gasteiger partial charge in [0.05, 0.1) is 25.4 Å². The molecule has 0 fully saturated rings. The van der Waals surface area contributed by atoms with E-state index in [9.17, 15) is 17.6 Å². The Kier molecular flexibility index (Phi) is 8.26. The Bertz CT molecular complexity index is 1430. The predicted octanol–water partition coefficient (Wildman–Crippen LogP) is 5.49. The van der Waals surface area contributed by atoms with Crippen LogP contribution in [0.2, 0.25) is 0 Å². The third-order valence-corrected chi connectivity index (χ3v) is 7.53. The topological polar surface area (TPSA) is 102 Å². The molecule has 1 atom stereocenters. The van der Waals surface area contributed by atoms with Crippen LogP contribution in [-0.4, -0.2) is 44.7 Å². The van der Waals surface area contributed by atoms with Gasteiger partial charge in [0.15, 0.2) is 0 Å². The van der Waals surface area contributed by atoms with Gasteiger partial charge in [-0.1, -0.05) is 12.1 Å². The Morgan fingerprint density at radius 1 is 1.16 bits per heavy atom. The first kappa shape index (κ1) is 27.4. The van der Waals surface area contributed by atoms with Crippen LogP contribution in [0.25, 0.3) is 11.1 Å². The van der Waals surface area contributed by atoms with Crippen molar-refractivity contribution in [3.8, 4) is 22.6 Å². The van der Waals surface area contributed by atoms with Gasteiger partial charge in [0.25, 0.3) is 0 Å². The summed E-state index contributed by atoms with van der Waals surface area (Å²) in [4.78, 5) is 11.1. The minimum atomic E-state index is -3.01. The van der Waals surface area contributed by atoms with E-state index in [4.69, 9.17) is 14.6 Å². The Balaban J connectivity index is 1.44. The second kappa shape index (κ2) is 11.4. The van der Waals surface area contributed by atoms with E-state index < -0.39 is 27.5 Å². The van der Waals surface area contributed by atoms with Crippen LogP contribution in [0.3, 0.4) is 0 Å². The number of hydrogen-bond donors (Lipinski definition) is 2. The van der Waals surface area contributed by atoms with Gasteiger partial charge in [0.2, 0.25) is 0 Å². The summed E-state index contributed by atoms with van der Waals surface area (Å²) in [5.74, 6) is -0.684. The van der Waals surface area contributed by atoms with Crippen LogP contribution in [0.5, 0.6) is 11.5 Å². The first-order chi connectivity index (χ1) is 18.0. The van der Waals surface area contributed by atoms with Gasteiger partial charge < -0.3 is 19.9 Å². The molecule has 38 heavy (non-hydrogen) atoms. The smallest absolute Gasteiger partial charge is 0.304 e. The summed E-state index contributed by atoms with van der Waals surface area (Å²) in [5.41, 5.74) is 6.09. The molecule has 9 heteroatoms. The molecule has 0 spiro atoms. The molecule has 0 saturated carbocycles. The Morgan fingerprint density at radius 2 is 1.89 bits per heavy atom. The molecule has 0 unspecified atom stereocenters. The number of rotatable bonds is 11. The molecular formula is C29H32FNO6S. The van der Waals surface area contributed by atoms with Crippen LogP contribution in [-0.2, 0) is 21.2 Å². The molecule has 1 heterocycles. The van der Waals surface area contributed by atoms with Crippen LogP contribution in [0, 0.1) is 19.7 Å². The van der Waals surface area contributed by atoms with E-state index in [1.807, 2.05) is 50.2 Å². The maximum atomic E-state index is 14.8. The van der Waals surface area contributed by atoms with Gasteiger partial charge in [-0.15, -0.1) is 0 Å². The van der Waals surface area contributed by atoms with Gasteiger partial charge in [-0.25, -0.2) is 12.8 Å². The number of nitrogens with one attached hydrogen (secondary N) is 1. The SMILES string of the molecule is Cc1cc(OCCCS(C)(=O)=O)cc(C)c1-c1cccc(NCc2cc(F)c3c(c2)OC[C@H]3CC(=O)O)c1. The maximum Gasteiger partial charge on any atom is 0.304 e. The van der Waals surface area contributed by atoms with Gasteiger partial charge in [0.1, 0.15) is 27.2 Å². The van der Waals surface area contributed by atoms with Crippen molar-refractivity contribution in [2.45, 2.75) is 39.2 Å². The lowest BCUT2D eigenvalue weighted by Gasteiger charge is -2.15. The van der Waals surface area contributed by atoms with Crippen LogP contribution in [0.4, 0.5) is 10.1 Å². The lowest BCUT2D eigenvalue weighted by atomic mass is 9.95. The highest BCUT2D eigenvalue weighted by molar-refractivity contribution is 7.90. The van der Waals surface area contributed by atoms with Gasteiger partial charge in [-0.2, -0.15) is 0 Å². The fourth-order valence-corrected chi connectivity index (χ4v) is 5.51. The number of carboxylic acid groups (broad SMARTS) is 1. The van der Waals surface area contributed by atoms with Crippen LogP contribution in [0.15, 0.2) is 48.5 Å². The van der Waals surface area contributed by atoms with Crippen molar-refractivity contribution in [1.29, 1.82) is 0 Å². The summed E-state index contributed by atoms with van der Waals surface area (Å²) in [6.45, 7) is 4.90. The number of halogens is 1. The van der Waals surface area contributed by atoms with Crippen LogP contribution < -0.4 is 14.8 Å². The average molecular weight is 542 g/mol. The van der Waals surface area contributed by atoms with E-state index in [-0.39, 0.29) is 18.8 Å². The van der Waals surface area contributed by atoms with E-state index in [0.717, 1.165) is 27.9 Å². The molecule has 3 aromatic carbocycles. The standard InChI is InChI=1S/C29H32FNO6S/c1-18-10-24(36-8-5-9-38(3,34)35)11-19(2)28(18)21-6-4-7-23(14-21)31-16-20-12-25(30)29-22(15-27(32)33)17-37-26(29)13-20/h4,6-7,10-14,22,31H,5,8-9,15-17H2,1-3H3,(H,32,33)/t22-/m1/s1. The third kappa shape index (κ3) is 6.83. The normalized spacial score (nSPS) is 14.6. The van der Waals surface area contributed by atoms with Gasteiger partial charge in [-0.3, -0.25) is 4.79 Å². The van der Waals surface area contributed by atoms with Crippen molar-refractivity contribution < 1.29 is 32.2 Å². The Morgan fingerprint density at radius 3 is 2.58 bits per heavy atom. The summed E-state index contributed by atoms with van der Waals surface area (Å²) in [7, 11) is -3.01. The number of hydrogen-bond acceptors (Lipinski definition) is 6. The monoisotopic (exact) mass is 541 g/mol. The molecule has 4 rings (SSSR count). The molecule has 0 bridgehead atoms. The van der Waals surface area contributed by atoms with Gasteiger partial charge >= 0.3 is 5.97 Å². The Hall–Kier alpha value is -3.59. The lowest BCUT2D eigenvalue weighted by Crippen LogP contribution is -2.08. The zero-order valence-corrected chi connectivity index (χ0v) is 22.5. The molecule has 1 aliphatic heterocycles. The largest absolute Gasteiger partial charge is 0.494 e. The highest BCUT2D eigenvalue weighted by Gasteiger charge is 2.30. The molecule has 7 nitrogen and oxygen atoms in total. The number of carbonyl (C=O) groups is 1. The van der Waals surface area contributed by atoms with Gasteiger partial charge in [0, 0.05) is 30.0 Å². The van der Waals surface area contributed by atoms with Gasteiger partial charge in [-0.05, 0) is 84.5 Å². The zero-order valence-electron chi connectivity index (χ0n) is 21.7. The molecule has 1 aliphatic rings. The third-order valence-electron chi connectivity index (χ3n) is 6.50. The first-order valence-corrected chi connectivity index (χ1v) is 14.5. The van der Waals surface area contributed by atoms with E-state index in [2.05, 4.69) is 5.32 Å². The van der Waals surface area contributed by atoms with Crippen molar-refractivity contribution in [3.63, 3.8) is 0 Å². The summed E-state index contributed by atoms with van der Waals surface area (Å²) in [5, 5.41) is 12.4. The number of aryl methyl sites for hydroxylation is 2. The first-order valence-electron chi connectivity index (χ1n) is 12.4. The number of ether oxygens (including phenoxy) is 2. The number of aliphatic carboxylic acids is 1. The van der Waals surface area contributed by atoms with Crippen molar-refractivity contribution in [1.82, 2.24) is 0 Å². The lowest BCUT2D eigenvalue weighted by molar-refractivity contribution is -0.137. The molecule has 0 aliphatic carbocycles. The highest BCUT2D eigenvalue weighted by Crippen LogP contribution is 2.39. The fraction of sp³-hybridized carbons (Fsp3) is 0.345. The summed E-state index contributed by atoms with van der Waals surface area (Å²) in [6, 6.07) is 15.1. The molecular weight excluding hydrogens is 509 g/mol. The van der Waals surface area contributed by atoms with E-state index >= 15 is 0 Å². The van der Waals surface area contributed by atoms with Crippen molar-refractivity contribution in [2.24, 2.45) is 0 Å². The molecule has 2 N–H and O–H groups in total. The van der Waals surface area contributed by atoms with Crippen molar-refractivity contribution in [2.75, 3.05) is 30.5 Å². The minimum absolute atomic E-state index is 0.0964. The van der Waals surface area contributed by atoms with Crippen LogP contribution >= 0.6 is 0 Å². The van der Waals surface area contributed by atoms with E-state index in [1.165, 1.54) is 12.3 Å². The number of carboxylic acids is 1. The van der Waals surface area contributed by atoms with Crippen molar-refractivity contribution in [3.05, 3.63) is 76.6 Å². The zero-order chi connectivity index (χ0) is 27.4. The second-order valence-electron chi connectivity index (χ2n) is 9.79. The number of benzene rings is 3. The quantitative estimate of drug-likeness (QED) is 0.310. The molecule has 0 radical (unpaired) electrons. The van der Waals surface area contributed by atoms with E-state index in [1.54, 1.807) is 6.07 Å². The Labute approximate surface area is 222 Å². The average Bonchev–Trinajstić information content (AvgIpc) is 3.22. The predicted molar refractivity (Wildman–Crippen MR) is 145 cm³/mol. The van der Waals surface area contributed by atoms with Crippen molar-refractivity contribution >= 4 is 21.5 Å². The minimum Gasteiger partial charge on any atom is -0.494 e. The highest BCUT2D eigenvalue weighted by atomic mass is 32.2. The molecule has 0 saturated heterocycles.